The average Bonchev–Trinajstić information content (AvgIpc) is 2.90. The fourth-order valence-electron chi connectivity index (χ4n) is 1.61. The third-order valence-corrected chi connectivity index (χ3v) is 3.11. The Kier molecular flexibility index (Phi) is 4.61. The molecule has 1 heterocycles. The molecule has 2 aromatic rings. The Morgan fingerprint density at radius 3 is 2.81 bits per heavy atom. The van der Waals surface area contributed by atoms with Crippen molar-refractivity contribution in [2.75, 3.05) is 6.61 Å². The van der Waals surface area contributed by atoms with Crippen molar-refractivity contribution in [1.29, 1.82) is 0 Å². The van der Waals surface area contributed by atoms with Gasteiger partial charge in [0.1, 0.15) is 11.4 Å². The number of benzene rings is 1. The first-order chi connectivity index (χ1) is 9.79. The molecule has 1 aromatic carbocycles. The highest BCUT2D eigenvalue weighted by molar-refractivity contribution is 6.31. The van der Waals surface area contributed by atoms with Crippen LogP contribution in [-0.4, -0.2) is 22.9 Å². The monoisotopic (exact) mass is 313 g/mol. The fourth-order valence-corrected chi connectivity index (χ4v) is 1.79. The lowest BCUT2D eigenvalue weighted by Gasteiger charge is -2.21. The predicted molar refractivity (Wildman–Crippen MR) is 77.3 cm³/mol. The van der Waals surface area contributed by atoms with E-state index in [9.17, 15) is 4.39 Å². The van der Waals surface area contributed by atoms with E-state index in [-0.39, 0.29) is 23.6 Å². The Balaban J connectivity index is 2.22. The summed E-state index contributed by atoms with van der Waals surface area (Å²) < 4.78 is 23.8. The maximum atomic E-state index is 13.1. The van der Waals surface area contributed by atoms with Crippen molar-refractivity contribution in [3.8, 4) is 11.5 Å². The molecular weight excluding hydrogens is 297 g/mol. The number of hydrogen-bond acceptors (Lipinski definition) is 5. The van der Waals surface area contributed by atoms with Crippen LogP contribution in [0.15, 0.2) is 22.7 Å². The van der Waals surface area contributed by atoms with Gasteiger partial charge in [0.25, 0.3) is 5.89 Å². The van der Waals surface area contributed by atoms with Gasteiger partial charge in [0.05, 0.1) is 17.7 Å². The van der Waals surface area contributed by atoms with Gasteiger partial charge in [0.15, 0.2) is 5.82 Å². The Morgan fingerprint density at radius 1 is 1.48 bits per heavy atom. The number of nitrogens with two attached hydrogens (primary N) is 1. The number of ether oxygens (including phenoxy) is 1. The van der Waals surface area contributed by atoms with Crippen molar-refractivity contribution in [3.63, 3.8) is 0 Å². The summed E-state index contributed by atoms with van der Waals surface area (Å²) in [5.74, 6) is 0.0425. The lowest BCUT2D eigenvalue weighted by atomic mass is 10.1. The minimum atomic E-state index is -0.879. The second kappa shape index (κ2) is 6.09. The normalized spacial score (nSPS) is 14.4. The van der Waals surface area contributed by atoms with Crippen LogP contribution in [0.5, 0.6) is 0 Å². The summed E-state index contributed by atoms with van der Waals surface area (Å²) in [7, 11) is 0. The van der Waals surface area contributed by atoms with Gasteiger partial charge in [-0.15, -0.1) is 0 Å². The zero-order chi connectivity index (χ0) is 15.6. The molecule has 2 rings (SSSR count). The molecule has 21 heavy (non-hydrogen) atoms. The van der Waals surface area contributed by atoms with Gasteiger partial charge in [0, 0.05) is 5.56 Å². The lowest BCUT2D eigenvalue weighted by Crippen LogP contribution is -2.40. The molecule has 0 spiro atoms. The molecule has 114 valence electrons. The van der Waals surface area contributed by atoms with Crippen molar-refractivity contribution < 1.29 is 13.7 Å². The number of rotatable bonds is 5. The maximum Gasteiger partial charge on any atom is 0.258 e. The SMILES string of the molecule is CC(C)OCC(C)(N)c1noc(-c2ccc(F)c(Cl)c2)n1. The van der Waals surface area contributed by atoms with E-state index in [0.717, 1.165) is 0 Å². The van der Waals surface area contributed by atoms with Gasteiger partial charge in [-0.1, -0.05) is 16.8 Å². The molecule has 0 aliphatic heterocycles. The van der Waals surface area contributed by atoms with Crippen LogP contribution in [0.4, 0.5) is 4.39 Å². The summed E-state index contributed by atoms with van der Waals surface area (Å²) in [6.07, 6.45) is 0.0511. The average molecular weight is 314 g/mol. The summed E-state index contributed by atoms with van der Waals surface area (Å²) in [6.45, 7) is 5.84. The molecule has 0 amide bonds. The van der Waals surface area contributed by atoms with Crippen molar-refractivity contribution in [1.82, 2.24) is 10.1 Å². The Bertz CT molecular complexity index is 628. The zero-order valence-electron chi connectivity index (χ0n) is 12.1. The number of nitrogens with zero attached hydrogens (tertiary/aromatic N) is 2. The van der Waals surface area contributed by atoms with E-state index in [0.29, 0.717) is 11.4 Å². The van der Waals surface area contributed by atoms with Crippen LogP contribution in [0, 0.1) is 5.82 Å². The maximum absolute atomic E-state index is 13.1. The van der Waals surface area contributed by atoms with E-state index in [1.807, 2.05) is 13.8 Å². The summed E-state index contributed by atoms with van der Waals surface area (Å²) in [5, 5.41) is 3.86. The van der Waals surface area contributed by atoms with Gasteiger partial charge >= 0.3 is 0 Å². The molecule has 7 heteroatoms. The summed E-state index contributed by atoms with van der Waals surface area (Å²) >= 11 is 5.74. The lowest BCUT2D eigenvalue weighted by molar-refractivity contribution is 0.0410. The number of halogens is 2. The molecule has 0 fully saturated rings. The smallest absolute Gasteiger partial charge is 0.258 e. The van der Waals surface area contributed by atoms with E-state index < -0.39 is 11.4 Å². The molecule has 5 nitrogen and oxygen atoms in total. The minimum Gasteiger partial charge on any atom is -0.376 e. The summed E-state index contributed by atoms with van der Waals surface area (Å²) in [5.41, 5.74) is 5.79. The second-order valence-electron chi connectivity index (χ2n) is 5.33. The van der Waals surface area contributed by atoms with Gasteiger partial charge in [-0.05, 0) is 39.0 Å². The van der Waals surface area contributed by atoms with Crippen LogP contribution in [0.2, 0.25) is 5.02 Å². The van der Waals surface area contributed by atoms with Gasteiger partial charge in [-0.25, -0.2) is 4.39 Å². The van der Waals surface area contributed by atoms with Gasteiger partial charge < -0.3 is 15.0 Å². The van der Waals surface area contributed by atoms with Crippen molar-refractivity contribution in [2.24, 2.45) is 5.73 Å². The molecule has 0 aliphatic rings. The molecule has 0 saturated heterocycles. The van der Waals surface area contributed by atoms with Gasteiger partial charge in [0.2, 0.25) is 0 Å². The quantitative estimate of drug-likeness (QED) is 0.918. The molecule has 2 N–H and O–H groups in total. The van der Waals surface area contributed by atoms with Crippen LogP contribution in [0.25, 0.3) is 11.5 Å². The standard InChI is InChI=1S/C14H17ClFN3O2/c1-8(2)20-7-14(3,17)13-18-12(21-19-13)9-4-5-11(16)10(15)6-9/h4-6,8H,7,17H2,1-3H3. The molecule has 1 aromatic heterocycles. The number of hydrogen-bond donors (Lipinski definition) is 1. The Hall–Kier alpha value is -1.50. The highest BCUT2D eigenvalue weighted by atomic mass is 35.5. The van der Waals surface area contributed by atoms with Crippen LogP contribution >= 0.6 is 11.6 Å². The van der Waals surface area contributed by atoms with Crippen LogP contribution < -0.4 is 5.73 Å². The first kappa shape index (κ1) is 15.9. The highest BCUT2D eigenvalue weighted by Gasteiger charge is 2.28. The van der Waals surface area contributed by atoms with Crippen LogP contribution in [0.3, 0.4) is 0 Å². The van der Waals surface area contributed by atoms with Crippen LogP contribution in [0.1, 0.15) is 26.6 Å². The summed E-state index contributed by atoms with van der Waals surface area (Å²) in [4.78, 5) is 4.24. The molecule has 0 bridgehead atoms. The largest absolute Gasteiger partial charge is 0.376 e. The molecule has 1 atom stereocenters. The van der Waals surface area contributed by atoms with E-state index in [1.165, 1.54) is 18.2 Å². The molecule has 0 saturated carbocycles. The second-order valence-corrected chi connectivity index (χ2v) is 5.74. The van der Waals surface area contributed by atoms with E-state index >= 15 is 0 Å². The zero-order valence-corrected chi connectivity index (χ0v) is 12.8. The van der Waals surface area contributed by atoms with Crippen molar-refractivity contribution >= 4 is 11.6 Å². The van der Waals surface area contributed by atoms with Crippen molar-refractivity contribution in [2.45, 2.75) is 32.4 Å². The van der Waals surface area contributed by atoms with Crippen molar-refractivity contribution in [3.05, 3.63) is 34.9 Å². The first-order valence-corrected chi connectivity index (χ1v) is 6.87. The van der Waals surface area contributed by atoms with E-state index in [1.54, 1.807) is 6.92 Å². The van der Waals surface area contributed by atoms with Crippen LogP contribution in [-0.2, 0) is 10.3 Å². The minimum absolute atomic E-state index is 0.00842. The first-order valence-electron chi connectivity index (χ1n) is 6.49. The molecule has 1 unspecified atom stereocenters. The predicted octanol–water partition coefficient (Wildman–Crippen LogP) is 3.13. The molecule has 0 radical (unpaired) electrons. The molecular formula is C14H17ClFN3O2. The Labute approximate surface area is 127 Å². The third kappa shape index (κ3) is 3.78. The van der Waals surface area contributed by atoms with Gasteiger partial charge in [-0.3, -0.25) is 0 Å². The molecule has 0 aliphatic carbocycles. The summed E-state index contributed by atoms with van der Waals surface area (Å²) in [6, 6.07) is 4.18. The third-order valence-electron chi connectivity index (χ3n) is 2.82. The number of aromatic nitrogens is 2. The van der Waals surface area contributed by atoms with Gasteiger partial charge in [-0.2, -0.15) is 4.98 Å². The Morgan fingerprint density at radius 2 is 2.19 bits per heavy atom. The van der Waals surface area contributed by atoms with E-state index in [4.69, 9.17) is 26.6 Å². The van der Waals surface area contributed by atoms with E-state index in [2.05, 4.69) is 10.1 Å². The highest BCUT2D eigenvalue weighted by Crippen LogP contribution is 2.25. The topological polar surface area (TPSA) is 74.2 Å². The fraction of sp³-hybridized carbons (Fsp3) is 0.429.